The molecule has 0 bridgehead atoms. The van der Waals surface area contributed by atoms with Gasteiger partial charge in [0.1, 0.15) is 0 Å². The van der Waals surface area contributed by atoms with Crippen molar-refractivity contribution in [2.45, 2.75) is 13.3 Å². The Morgan fingerprint density at radius 2 is 1.50 bits per heavy atom. The van der Waals surface area contributed by atoms with Crippen LogP contribution in [0.1, 0.15) is 24.5 Å². The average molecular weight is 296 g/mol. The summed E-state index contributed by atoms with van der Waals surface area (Å²) in [6.07, 6.45) is 5.08. The molecule has 0 N–H and O–H groups in total. The Hall–Kier alpha value is -2.62. The highest BCUT2D eigenvalue weighted by molar-refractivity contribution is 5.70. The third kappa shape index (κ3) is 4.19. The Morgan fingerprint density at radius 3 is 1.95 bits per heavy atom. The van der Waals surface area contributed by atoms with Gasteiger partial charge in [0.25, 0.3) is 5.69 Å². The van der Waals surface area contributed by atoms with Crippen molar-refractivity contribution in [2.75, 3.05) is 18.5 Å². The summed E-state index contributed by atoms with van der Waals surface area (Å²) in [4.78, 5) is 12.4. The fourth-order valence-electron chi connectivity index (χ4n) is 2.20. The molecule has 0 atom stereocenters. The molecule has 0 spiro atoms. The second-order valence-corrected chi connectivity index (χ2v) is 5.20. The third-order valence-corrected chi connectivity index (χ3v) is 3.47. The summed E-state index contributed by atoms with van der Waals surface area (Å²) < 4.78 is 0. The molecule has 0 aliphatic carbocycles. The van der Waals surface area contributed by atoms with Crippen LogP contribution in [0.2, 0.25) is 0 Å². The van der Waals surface area contributed by atoms with Crippen LogP contribution in [-0.4, -0.2) is 18.5 Å². The van der Waals surface area contributed by atoms with Crippen LogP contribution in [0.5, 0.6) is 0 Å². The van der Waals surface area contributed by atoms with Crippen molar-refractivity contribution in [1.29, 1.82) is 0 Å². The van der Waals surface area contributed by atoms with Crippen LogP contribution in [0.15, 0.2) is 48.5 Å². The Bertz CT molecular complexity index is 646. The predicted octanol–water partition coefficient (Wildman–Crippen LogP) is 4.61. The van der Waals surface area contributed by atoms with E-state index in [2.05, 4.69) is 43.1 Å². The molecular formula is C18H20N2O2. The number of non-ortho nitro benzene ring substituents is 1. The molecule has 4 nitrogen and oxygen atoms in total. The van der Waals surface area contributed by atoms with Gasteiger partial charge in [-0.25, -0.2) is 0 Å². The molecule has 0 aliphatic rings. The second kappa shape index (κ2) is 7.41. The Morgan fingerprint density at radius 1 is 1.00 bits per heavy atom. The number of hydrogen-bond acceptors (Lipinski definition) is 3. The SMILES string of the molecule is CCCN(C)c1ccc(C=Cc2ccc([N+](=O)[O-])cc2)cc1. The summed E-state index contributed by atoms with van der Waals surface area (Å²) in [5.41, 5.74) is 3.36. The molecule has 4 heteroatoms. The number of anilines is 1. The molecule has 2 aromatic rings. The maximum absolute atomic E-state index is 10.6. The first-order chi connectivity index (χ1) is 10.6. The Kier molecular flexibility index (Phi) is 5.31. The van der Waals surface area contributed by atoms with Crippen molar-refractivity contribution in [3.63, 3.8) is 0 Å². The van der Waals surface area contributed by atoms with Gasteiger partial charge in [0, 0.05) is 31.4 Å². The molecular weight excluding hydrogens is 276 g/mol. The van der Waals surface area contributed by atoms with E-state index in [4.69, 9.17) is 0 Å². The summed E-state index contributed by atoms with van der Waals surface area (Å²) in [6, 6.07) is 14.9. The fraction of sp³-hybridized carbons (Fsp3) is 0.222. The molecule has 0 saturated carbocycles. The number of rotatable bonds is 6. The van der Waals surface area contributed by atoms with E-state index in [9.17, 15) is 10.1 Å². The summed E-state index contributed by atoms with van der Waals surface area (Å²) in [5.74, 6) is 0. The monoisotopic (exact) mass is 296 g/mol. The number of benzene rings is 2. The van der Waals surface area contributed by atoms with Gasteiger partial charge in [-0.2, -0.15) is 0 Å². The van der Waals surface area contributed by atoms with Gasteiger partial charge < -0.3 is 4.90 Å². The van der Waals surface area contributed by atoms with Gasteiger partial charge in [-0.3, -0.25) is 10.1 Å². The van der Waals surface area contributed by atoms with Crippen LogP contribution in [0, 0.1) is 10.1 Å². The van der Waals surface area contributed by atoms with Crippen LogP contribution in [0.4, 0.5) is 11.4 Å². The quantitative estimate of drug-likeness (QED) is 0.444. The van der Waals surface area contributed by atoms with E-state index in [1.54, 1.807) is 12.1 Å². The zero-order valence-corrected chi connectivity index (χ0v) is 12.9. The molecule has 0 amide bonds. The lowest BCUT2D eigenvalue weighted by Gasteiger charge is -2.18. The number of nitro groups is 1. The van der Waals surface area contributed by atoms with E-state index in [0.717, 1.165) is 24.1 Å². The molecule has 0 fully saturated rings. The van der Waals surface area contributed by atoms with Crippen molar-refractivity contribution in [2.24, 2.45) is 0 Å². The maximum Gasteiger partial charge on any atom is 0.269 e. The number of nitro benzene ring substituents is 1. The van der Waals surface area contributed by atoms with E-state index in [1.165, 1.54) is 17.8 Å². The van der Waals surface area contributed by atoms with Crippen molar-refractivity contribution >= 4 is 23.5 Å². The lowest BCUT2D eigenvalue weighted by molar-refractivity contribution is -0.384. The van der Waals surface area contributed by atoms with Crippen molar-refractivity contribution in [3.8, 4) is 0 Å². The summed E-state index contributed by atoms with van der Waals surface area (Å²) in [7, 11) is 2.09. The smallest absolute Gasteiger partial charge is 0.269 e. The lowest BCUT2D eigenvalue weighted by Crippen LogP contribution is -2.17. The summed E-state index contributed by atoms with van der Waals surface area (Å²) >= 11 is 0. The largest absolute Gasteiger partial charge is 0.375 e. The van der Waals surface area contributed by atoms with E-state index < -0.39 is 0 Å². The van der Waals surface area contributed by atoms with Gasteiger partial charge in [0.2, 0.25) is 0 Å². The topological polar surface area (TPSA) is 46.4 Å². The minimum atomic E-state index is -0.390. The van der Waals surface area contributed by atoms with Crippen molar-refractivity contribution < 1.29 is 4.92 Å². The molecule has 2 rings (SSSR count). The highest BCUT2D eigenvalue weighted by atomic mass is 16.6. The number of hydrogen-bond donors (Lipinski definition) is 0. The van der Waals surface area contributed by atoms with Crippen LogP contribution in [0.25, 0.3) is 12.2 Å². The first-order valence-corrected chi connectivity index (χ1v) is 7.34. The Labute approximate surface area is 130 Å². The normalized spacial score (nSPS) is 10.8. The standard InChI is InChI=1S/C18H20N2O2/c1-3-14-19(2)17-10-6-15(7-11-17)4-5-16-8-12-18(13-9-16)20(21)22/h4-13H,3,14H2,1-2H3. The second-order valence-electron chi connectivity index (χ2n) is 5.20. The maximum atomic E-state index is 10.6. The van der Waals surface area contributed by atoms with Crippen LogP contribution in [0.3, 0.4) is 0 Å². The summed E-state index contributed by atoms with van der Waals surface area (Å²) in [5, 5.41) is 10.6. The molecule has 0 aliphatic heterocycles. The average Bonchev–Trinajstić information content (AvgIpc) is 2.54. The van der Waals surface area contributed by atoms with Crippen LogP contribution >= 0.6 is 0 Å². The molecule has 0 radical (unpaired) electrons. The molecule has 114 valence electrons. The molecule has 0 saturated heterocycles. The van der Waals surface area contributed by atoms with Crippen LogP contribution in [-0.2, 0) is 0 Å². The van der Waals surface area contributed by atoms with Crippen LogP contribution < -0.4 is 4.90 Å². The molecule has 0 aromatic heterocycles. The van der Waals surface area contributed by atoms with E-state index >= 15 is 0 Å². The first-order valence-electron chi connectivity index (χ1n) is 7.34. The molecule has 0 heterocycles. The highest BCUT2D eigenvalue weighted by Gasteiger charge is 2.02. The fourth-order valence-corrected chi connectivity index (χ4v) is 2.20. The minimum Gasteiger partial charge on any atom is -0.375 e. The van der Waals surface area contributed by atoms with Gasteiger partial charge in [0.05, 0.1) is 4.92 Å². The number of nitrogens with zero attached hydrogens (tertiary/aromatic N) is 2. The lowest BCUT2D eigenvalue weighted by atomic mass is 10.1. The van der Waals surface area contributed by atoms with E-state index in [-0.39, 0.29) is 10.6 Å². The third-order valence-electron chi connectivity index (χ3n) is 3.47. The van der Waals surface area contributed by atoms with Gasteiger partial charge in [-0.1, -0.05) is 31.2 Å². The van der Waals surface area contributed by atoms with Crippen molar-refractivity contribution in [1.82, 2.24) is 0 Å². The van der Waals surface area contributed by atoms with Gasteiger partial charge in [-0.05, 0) is 41.8 Å². The minimum absolute atomic E-state index is 0.112. The molecule has 0 unspecified atom stereocenters. The molecule has 22 heavy (non-hydrogen) atoms. The van der Waals surface area contributed by atoms with Crippen molar-refractivity contribution in [3.05, 3.63) is 69.8 Å². The zero-order valence-electron chi connectivity index (χ0n) is 12.9. The van der Waals surface area contributed by atoms with Gasteiger partial charge >= 0.3 is 0 Å². The van der Waals surface area contributed by atoms with E-state index in [1.807, 2.05) is 12.2 Å². The van der Waals surface area contributed by atoms with E-state index in [0.29, 0.717) is 0 Å². The van der Waals surface area contributed by atoms with Gasteiger partial charge in [0.15, 0.2) is 0 Å². The predicted molar refractivity (Wildman–Crippen MR) is 92.0 cm³/mol. The Balaban J connectivity index is 2.05. The highest BCUT2D eigenvalue weighted by Crippen LogP contribution is 2.17. The zero-order chi connectivity index (χ0) is 15.9. The first kappa shape index (κ1) is 15.8. The van der Waals surface area contributed by atoms with Gasteiger partial charge in [-0.15, -0.1) is 0 Å². The summed E-state index contributed by atoms with van der Waals surface area (Å²) in [6.45, 7) is 3.20. The molecule has 2 aromatic carbocycles.